The van der Waals surface area contributed by atoms with Crippen LogP contribution in [-0.4, -0.2) is 9.97 Å². The summed E-state index contributed by atoms with van der Waals surface area (Å²) in [4.78, 5) is 10.3. The summed E-state index contributed by atoms with van der Waals surface area (Å²) in [5, 5.41) is 7.34. The third-order valence-electron chi connectivity index (χ3n) is 12.5. The molecule has 11 aromatic rings. The highest BCUT2D eigenvalue weighted by Gasteiger charge is 2.36. The van der Waals surface area contributed by atoms with E-state index < -0.39 is 0 Å². The molecule has 0 radical (unpaired) electrons. The van der Waals surface area contributed by atoms with Gasteiger partial charge in [-0.15, -0.1) is 11.3 Å². The summed E-state index contributed by atoms with van der Waals surface area (Å²) in [5.74, 6) is 0. The van der Waals surface area contributed by atoms with Crippen molar-refractivity contribution in [1.82, 2.24) is 9.97 Å². The molecule has 3 heteroatoms. The van der Waals surface area contributed by atoms with Crippen molar-refractivity contribution in [3.8, 4) is 55.8 Å². The Labute approximate surface area is 340 Å². The minimum absolute atomic E-state index is 0.139. The number of thiophene rings is 1. The average molecular weight is 757 g/mol. The van der Waals surface area contributed by atoms with Gasteiger partial charge in [0.15, 0.2) is 0 Å². The van der Waals surface area contributed by atoms with Crippen molar-refractivity contribution in [2.75, 3.05) is 0 Å². The number of hydrogen-bond acceptors (Lipinski definition) is 3. The molecule has 0 spiro atoms. The average Bonchev–Trinajstić information content (AvgIpc) is 3.77. The Balaban J connectivity index is 0.882. The molecule has 2 heterocycles. The predicted octanol–water partition coefficient (Wildman–Crippen LogP) is 15.3. The summed E-state index contributed by atoms with van der Waals surface area (Å²) in [6.45, 7) is 4.76. The molecule has 1 aliphatic carbocycles. The minimum Gasteiger partial charge on any atom is -0.252 e. The first kappa shape index (κ1) is 33.2. The van der Waals surface area contributed by atoms with Crippen molar-refractivity contribution in [3.05, 3.63) is 193 Å². The van der Waals surface area contributed by atoms with Gasteiger partial charge >= 0.3 is 0 Å². The van der Waals surface area contributed by atoms with Crippen molar-refractivity contribution < 1.29 is 0 Å². The number of fused-ring (bicyclic) bond motifs is 12. The smallest absolute Gasteiger partial charge is 0.0979 e. The molecule has 9 aromatic carbocycles. The van der Waals surface area contributed by atoms with Crippen LogP contribution in [0, 0.1) is 0 Å². The Kier molecular flexibility index (Phi) is 7.18. The Morgan fingerprint density at radius 1 is 0.379 bits per heavy atom. The number of hydrogen-bond donors (Lipinski definition) is 0. The molecule has 0 amide bonds. The Morgan fingerprint density at radius 2 is 0.862 bits per heavy atom. The first-order chi connectivity index (χ1) is 28.5. The lowest BCUT2D eigenvalue weighted by Crippen LogP contribution is -2.15. The van der Waals surface area contributed by atoms with E-state index in [0.29, 0.717) is 0 Å². The second-order valence-electron chi connectivity index (χ2n) is 16.2. The standard InChI is InChI=1S/C55H36N2S/c1-55(2)48-30-37(21-24-42(48)43-25-22-38(31-49(43)55)36-23-26-52-47(29-36)44-17-7-8-20-51(44)58-52)34-12-9-11-33(27-34)35-13-10-14-39(28-35)50-32-56-53-45-18-5-3-15-40(45)41-16-4-6-19-46(41)54(53)57-50/h3-32H,1-2H3. The van der Waals surface area contributed by atoms with Crippen LogP contribution in [0.1, 0.15) is 25.0 Å². The predicted molar refractivity (Wildman–Crippen MR) is 247 cm³/mol. The van der Waals surface area contributed by atoms with Crippen LogP contribution in [0.3, 0.4) is 0 Å². The molecule has 0 fully saturated rings. The van der Waals surface area contributed by atoms with Gasteiger partial charge in [0.05, 0.1) is 22.9 Å². The van der Waals surface area contributed by atoms with Gasteiger partial charge in [-0.2, -0.15) is 0 Å². The van der Waals surface area contributed by atoms with Gasteiger partial charge < -0.3 is 0 Å². The van der Waals surface area contributed by atoms with E-state index in [1.54, 1.807) is 0 Å². The van der Waals surface area contributed by atoms with Crippen molar-refractivity contribution in [2.45, 2.75) is 19.3 Å². The zero-order valence-corrected chi connectivity index (χ0v) is 32.9. The molecular weight excluding hydrogens is 721 g/mol. The zero-order chi connectivity index (χ0) is 38.5. The number of rotatable bonds is 4. The van der Waals surface area contributed by atoms with Gasteiger partial charge in [-0.25, -0.2) is 4.98 Å². The largest absolute Gasteiger partial charge is 0.252 e. The fourth-order valence-corrected chi connectivity index (χ4v) is 10.6. The number of aromatic nitrogens is 2. The molecule has 12 rings (SSSR count). The molecule has 2 nitrogen and oxygen atoms in total. The lowest BCUT2D eigenvalue weighted by molar-refractivity contribution is 0.661. The van der Waals surface area contributed by atoms with Crippen LogP contribution in [0.4, 0.5) is 0 Å². The summed E-state index contributed by atoms with van der Waals surface area (Å²) in [6, 6.07) is 64.5. The van der Waals surface area contributed by atoms with E-state index in [1.165, 1.54) is 81.0 Å². The highest BCUT2D eigenvalue weighted by atomic mass is 32.1. The Morgan fingerprint density at radius 3 is 1.52 bits per heavy atom. The quantitative estimate of drug-likeness (QED) is 0.167. The Hall–Kier alpha value is -6.94. The second-order valence-corrected chi connectivity index (χ2v) is 17.2. The van der Waals surface area contributed by atoms with Crippen molar-refractivity contribution in [1.29, 1.82) is 0 Å². The van der Waals surface area contributed by atoms with Gasteiger partial charge in [-0.3, -0.25) is 4.98 Å². The van der Waals surface area contributed by atoms with E-state index in [9.17, 15) is 0 Å². The molecule has 1 aliphatic rings. The maximum atomic E-state index is 5.27. The summed E-state index contributed by atoms with van der Waals surface area (Å²) in [7, 11) is 0. The summed E-state index contributed by atoms with van der Waals surface area (Å²) >= 11 is 1.87. The monoisotopic (exact) mass is 756 g/mol. The third kappa shape index (κ3) is 5.03. The highest BCUT2D eigenvalue weighted by Crippen LogP contribution is 2.51. The fraction of sp³-hybridized carbons (Fsp3) is 0.0545. The van der Waals surface area contributed by atoms with Crippen LogP contribution in [0.2, 0.25) is 0 Å². The summed E-state index contributed by atoms with van der Waals surface area (Å²) in [5.41, 5.74) is 16.4. The SMILES string of the molecule is CC1(C)c2cc(-c3cccc(-c4cccc(-c5cnc6c7ccccc7c7ccccc7c6n5)c4)c3)ccc2-c2ccc(-c3ccc4sc5ccccc5c4c3)cc21. The van der Waals surface area contributed by atoms with Crippen molar-refractivity contribution >= 4 is 64.1 Å². The molecule has 2 aromatic heterocycles. The molecule has 58 heavy (non-hydrogen) atoms. The van der Waals surface area contributed by atoms with Crippen LogP contribution in [0.15, 0.2) is 182 Å². The van der Waals surface area contributed by atoms with Gasteiger partial charge in [0.1, 0.15) is 0 Å². The molecule has 0 aliphatic heterocycles. The lowest BCUT2D eigenvalue weighted by atomic mass is 9.80. The van der Waals surface area contributed by atoms with Crippen LogP contribution in [0.5, 0.6) is 0 Å². The van der Waals surface area contributed by atoms with Crippen molar-refractivity contribution in [2.24, 2.45) is 0 Å². The molecule has 0 atom stereocenters. The molecule has 0 N–H and O–H groups in total. The third-order valence-corrected chi connectivity index (χ3v) is 13.7. The van der Waals surface area contributed by atoms with E-state index in [0.717, 1.165) is 38.6 Å². The first-order valence-electron chi connectivity index (χ1n) is 20.0. The summed E-state index contributed by atoms with van der Waals surface area (Å²) < 4.78 is 2.68. The molecule has 0 bridgehead atoms. The van der Waals surface area contributed by atoms with E-state index in [1.807, 2.05) is 17.5 Å². The van der Waals surface area contributed by atoms with E-state index >= 15 is 0 Å². The van der Waals surface area contributed by atoms with Gasteiger partial charge in [0.25, 0.3) is 0 Å². The minimum atomic E-state index is -0.139. The van der Waals surface area contributed by atoms with Gasteiger partial charge in [-0.1, -0.05) is 147 Å². The molecule has 272 valence electrons. The van der Waals surface area contributed by atoms with Gasteiger partial charge in [0, 0.05) is 41.9 Å². The van der Waals surface area contributed by atoms with Crippen LogP contribution >= 0.6 is 11.3 Å². The topological polar surface area (TPSA) is 25.8 Å². The lowest BCUT2D eigenvalue weighted by Gasteiger charge is -2.22. The summed E-state index contributed by atoms with van der Waals surface area (Å²) in [6.07, 6.45) is 1.93. The number of benzene rings is 9. The van der Waals surface area contributed by atoms with E-state index in [4.69, 9.17) is 9.97 Å². The maximum Gasteiger partial charge on any atom is 0.0979 e. The molecule has 0 unspecified atom stereocenters. The van der Waals surface area contributed by atoms with Crippen LogP contribution in [0.25, 0.3) is 109 Å². The molecule has 0 saturated heterocycles. The normalized spacial score (nSPS) is 13.1. The maximum absolute atomic E-state index is 5.27. The van der Waals surface area contributed by atoms with Gasteiger partial charge in [-0.05, 0) is 109 Å². The fourth-order valence-electron chi connectivity index (χ4n) is 9.50. The van der Waals surface area contributed by atoms with Crippen LogP contribution < -0.4 is 0 Å². The first-order valence-corrected chi connectivity index (χ1v) is 20.8. The van der Waals surface area contributed by atoms with Crippen molar-refractivity contribution in [3.63, 3.8) is 0 Å². The number of nitrogens with zero attached hydrogens (tertiary/aromatic N) is 2. The van der Waals surface area contributed by atoms with Gasteiger partial charge in [0.2, 0.25) is 0 Å². The Bertz CT molecular complexity index is 3460. The molecular formula is C55H36N2S. The second kappa shape index (κ2) is 12.5. The van der Waals surface area contributed by atoms with Crippen LogP contribution in [-0.2, 0) is 5.41 Å². The van der Waals surface area contributed by atoms with E-state index in [2.05, 4.69) is 190 Å². The van der Waals surface area contributed by atoms with E-state index in [-0.39, 0.29) is 5.41 Å². The highest BCUT2D eigenvalue weighted by molar-refractivity contribution is 7.25. The molecule has 0 saturated carbocycles. The zero-order valence-electron chi connectivity index (χ0n) is 32.1.